The topological polar surface area (TPSA) is 8.17 Å². The predicted molar refractivity (Wildman–Crippen MR) is 264 cm³/mol. The van der Waals surface area contributed by atoms with Gasteiger partial charge >= 0.3 is 0 Å². The lowest BCUT2D eigenvalue weighted by Crippen LogP contribution is -2.12. The monoisotopic (exact) mass is 788 g/mol. The highest BCUT2D eigenvalue weighted by Crippen LogP contribution is 2.50. The fraction of sp³-hybridized carbons (Fsp3) is 0. The van der Waals surface area contributed by atoms with Gasteiger partial charge in [-0.15, -0.1) is 0 Å². The van der Waals surface area contributed by atoms with Crippen molar-refractivity contribution in [2.45, 2.75) is 0 Å². The van der Waals surface area contributed by atoms with Crippen molar-refractivity contribution in [3.8, 4) is 39.1 Å². The summed E-state index contributed by atoms with van der Waals surface area (Å²) >= 11 is 0. The zero-order valence-corrected chi connectivity index (χ0v) is 34.0. The lowest BCUT2D eigenvalue weighted by molar-refractivity contribution is 1.20. The molecule has 0 unspecified atom stereocenters. The number of rotatable bonds is 7. The van der Waals surface area contributed by atoms with Crippen molar-refractivity contribution in [2.24, 2.45) is 0 Å². The molecule has 2 heteroatoms. The normalized spacial score (nSPS) is 11.5. The van der Waals surface area contributed by atoms with Crippen LogP contribution in [0.1, 0.15) is 0 Å². The Bertz CT molecular complexity index is 3620. The summed E-state index contributed by atoms with van der Waals surface area (Å²) in [5.74, 6) is 0. The van der Waals surface area contributed by atoms with Crippen LogP contribution in [-0.2, 0) is 0 Å². The third-order valence-electron chi connectivity index (χ3n) is 12.5. The maximum Gasteiger partial charge on any atom is 0.0562 e. The van der Waals surface area contributed by atoms with E-state index >= 15 is 0 Å². The number of hydrogen-bond donors (Lipinski definition) is 0. The van der Waals surface area contributed by atoms with Gasteiger partial charge in [-0.1, -0.05) is 200 Å². The van der Waals surface area contributed by atoms with Crippen LogP contribution in [0.25, 0.3) is 93.2 Å². The smallest absolute Gasteiger partial charge is 0.0562 e. The Morgan fingerprint density at radius 1 is 0.306 bits per heavy atom. The molecule has 0 bridgehead atoms. The Morgan fingerprint density at radius 2 is 0.823 bits per heavy atom. The van der Waals surface area contributed by atoms with E-state index in [2.05, 4.69) is 252 Å². The lowest BCUT2D eigenvalue weighted by atomic mass is 9.85. The number of aromatic nitrogens is 1. The minimum atomic E-state index is 1.09. The number of para-hydroxylation sites is 2. The van der Waals surface area contributed by atoms with Crippen LogP contribution in [0, 0.1) is 0 Å². The molecule has 1 heterocycles. The van der Waals surface area contributed by atoms with E-state index in [1.165, 1.54) is 82.1 Å². The molecule has 0 N–H and O–H groups in total. The second-order valence-corrected chi connectivity index (χ2v) is 16.0. The predicted octanol–water partition coefficient (Wildman–Crippen LogP) is 16.7. The first-order valence-electron chi connectivity index (χ1n) is 21.4. The zero-order valence-electron chi connectivity index (χ0n) is 34.0. The highest BCUT2D eigenvalue weighted by atomic mass is 15.2. The van der Waals surface area contributed by atoms with Gasteiger partial charge in [-0.25, -0.2) is 0 Å². The average Bonchev–Trinajstić information content (AvgIpc) is 3.69. The Hall–Kier alpha value is -8.20. The molecule has 0 radical (unpaired) electrons. The number of fused-ring (bicyclic) bond motifs is 7. The van der Waals surface area contributed by atoms with E-state index in [9.17, 15) is 0 Å². The molecule has 0 fully saturated rings. The molecule has 0 aliphatic heterocycles. The second kappa shape index (κ2) is 14.8. The first-order valence-corrected chi connectivity index (χ1v) is 21.4. The summed E-state index contributed by atoms with van der Waals surface area (Å²) in [6, 6.07) is 88.6. The molecule has 0 aliphatic carbocycles. The summed E-state index contributed by atoms with van der Waals surface area (Å²) in [5, 5.41) is 9.77. The molecule has 62 heavy (non-hydrogen) atoms. The fourth-order valence-corrected chi connectivity index (χ4v) is 9.92. The van der Waals surface area contributed by atoms with Gasteiger partial charge in [0.15, 0.2) is 0 Å². The lowest BCUT2D eigenvalue weighted by Gasteiger charge is -2.29. The van der Waals surface area contributed by atoms with Gasteiger partial charge < -0.3 is 9.47 Å². The molecule has 0 saturated heterocycles. The molecule has 12 rings (SSSR count). The van der Waals surface area contributed by atoms with E-state index in [4.69, 9.17) is 0 Å². The van der Waals surface area contributed by atoms with Gasteiger partial charge in [0, 0.05) is 27.4 Å². The van der Waals surface area contributed by atoms with Crippen LogP contribution in [0.3, 0.4) is 0 Å². The van der Waals surface area contributed by atoms with E-state index in [1.54, 1.807) is 0 Å². The summed E-state index contributed by atoms with van der Waals surface area (Å²) in [7, 11) is 0. The molecular formula is C60H40N2. The number of hydrogen-bond acceptors (Lipinski definition) is 1. The van der Waals surface area contributed by atoms with Crippen molar-refractivity contribution in [2.75, 3.05) is 4.90 Å². The van der Waals surface area contributed by atoms with Gasteiger partial charge in [0.25, 0.3) is 0 Å². The summed E-state index contributed by atoms with van der Waals surface area (Å²) in [4.78, 5) is 2.51. The van der Waals surface area contributed by atoms with Gasteiger partial charge in [-0.2, -0.15) is 0 Å². The van der Waals surface area contributed by atoms with Crippen LogP contribution < -0.4 is 4.90 Å². The second-order valence-electron chi connectivity index (χ2n) is 16.0. The average molecular weight is 789 g/mol. The third-order valence-corrected chi connectivity index (χ3v) is 12.5. The summed E-state index contributed by atoms with van der Waals surface area (Å²) in [6.45, 7) is 0. The maximum absolute atomic E-state index is 2.51. The molecule has 0 amide bonds. The van der Waals surface area contributed by atoms with Gasteiger partial charge in [0.1, 0.15) is 0 Å². The van der Waals surface area contributed by atoms with Crippen LogP contribution in [-0.4, -0.2) is 4.57 Å². The first-order chi connectivity index (χ1) is 30.8. The number of benzene rings is 11. The van der Waals surface area contributed by atoms with Gasteiger partial charge in [0.2, 0.25) is 0 Å². The molecule has 0 aliphatic rings. The molecule has 12 aromatic rings. The van der Waals surface area contributed by atoms with Crippen molar-refractivity contribution in [3.05, 3.63) is 243 Å². The van der Waals surface area contributed by atoms with Crippen molar-refractivity contribution in [1.29, 1.82) is 0 Å². The van der Waals surface area contributed by atoms with Crippen LogP contribution in [0.15, 0.2) is 243 Å². The summed E-state index contributed by atoms with van der Waals surface area (Å²) < 4.78 is 2.46. The van der Waals surface area contributed by atoms with Crippen LogP contribution in [0.4, 0.5) is 17.1 Å². The summed E-state index contributed by atoms with van der Waals surface area (Å²) in [6.07, 6.45) is 0. The SMILES string of the molecule is c1ccc(-c2ccccc2N(c2ccc3c(c2)c(-c2ccccc2)c(-c2ccccc2)c2ccccc23)c2cccc3c2c2ccccc2n3-c2cccc3ccccc23)cc1. The van der Waals surface area contributed by atoms with E-state index < -0.39 is 0 Å². The third kappa shape index (κ3) is 5.73. The van der Waals surface area contributed by atoms with Crippen molar-refractivity contribution >= 4 is 71.2 Å². The van der Waals surface area contributed by atoms with Crippen molar-refractivity contribution in [3.63, 3.8) is 0 Å². The minimum absolute atomic E-state index is 1.09. The highest BCUT2D eigenvalue weighted by Gasteiger charge is 2.25. The van der Waals surface area contributed by atoms with Crippen LogP contribution in [0.2, 0.25) is 0 Å². The van der Waals surface area contributed by atoms with E-state index in [1.807, 2.05) is 0 Å². The molecular weight excluding hydrogens is 749 g/mol. The highest BCUT2D eigenvalue weighted by molar-refractivity contribution is 6.23. The molecule has 0 spiro atoms. The van der Waals surface area contributed by atoms with Crippen molar-refractivity contribution < 1.29 is 0 Å². The minimum Gasteiger partial charge on any atom is -0.309 e. The molecule has 11 aromatic carbocycles. The number of anilines is 3. The Labute approximate surface area is 360 Å². The molecule has 2 nitrogen and oxygen atoms in total. The van der Waals surface area contributed by atoms with Gasteiger partial charge in [-0.05, 0) is 97.2 Å². The Balaban J connectivity index is 1.22. The van der Waals surface area contributed by atoms with Gasteiger partial charge in [-0.3, -0.25) is 0 Å². The van der Waals surface area contributed by atoms with E-state index in [0.29, 0.717) is 0 Å². The largest absolute Gasteiger partial charge is 0.309 e. The maximum atomic E-state index is 2.51. The van der Waals surface area contributed by atoms with E-state index in [-0.39, 0.29) is 0 Å². The Morgan fingerprint density at radius 3 is 1.58 bits per heavy atom. The van der Waals surface area contributed by atoms with Crippen LogP contribution >= 0.6 is 0 Å². The molecule has 1 aromatic heterocycles. The standard InChI is InChI=1S/C60H40N2/c1-4-20-41(21-5-1)46-29-14-16-33-53(46)61(56-36-19-37-57-60(56)51-32-15-17-34-55(51)62(57)54-35-18-27-42-22-10-11-28-47(42)54)45-38-39-49-48-30-12-13-31-50(48)58(43-23-6-2-7-24-43)59(52(49)40-45)44-25-8-3-9-26-44/h1-40H. The van der Waals surface area contributed by atoms with Crippen molar-refractivity contribution in [1.82, 2.24) is 4.57 Å². The zero-order chi connectivity index (χ0) is 41.0. The fourth-order valence-electron chi connectivity index (χ4n) is 9.92. The molecule has 290 valence electrons. The Kier molecular flexibility index (Phi) is 8.53. The van der Waals surface area contributed by atoms with Gasteiger partial charge in [0.05, 0.1) is 28.1 Å². The molecule has 0 saturated carbocycles. The quantitative estimate of drug-likeness (QED) is 0.146. The summed E-state index contributed by atoms with van der Waals surface area (Å²) in [5.41, 5.74) is 14.0. The number of nitrogens with zero attached hydrogens (tertiary/aromatic N) is 2. The molecule has 0 atom stereocenters. The first kappa shape index (κ1) is 35.7. The van der Waals surface area contributed by atoms with E-state index in [0.717, 1.165) is 28.1 Å². The van der Waals surface area contributed by atoms with Crippen LogP contribution in [0.5, 0.6) is 0 Å².